The van der Waals surface area contributed by atoms with Crippen molar-refractivity contribution in [2.45, 2.75) is 105 Å². The molecule has 0 nitrogen and oxygen atoms in total. The minimum atomic E-state index is 0.657. The highest BCUT2D eigenvalue weighted by Gasteiger charge is 2.13. The summed E-state index contributed by atoms with van der Waals surface area (Å²) in [6.45, 7) is 10.9. The van der Waals surface area contributed by atoms with E-state index in [1.165, 1.54) is 81.8 Å². The zero-order valence-electron chi connectivity index (χ0n) is 17.2. The summed E-state index contributed by atoms with van der Waals surface area (Å²) in [5.74, 6) is 0.657. The lowest BCUT2D eigenvalue weighted by molar-refractivity contribution is 0.473. The average molecular weight is 328 g/mol. The predicted octanol–water partition coefficient (Wildman–Crippen LogP) is 7.90. The first-order valence-electron chi connectivity index (χ1n) is 10.3. The standard InChI is InChI=1S/C23H41B/c1-6-9-10-11-12-13-14-15-18-22(17-8-3)23(19-21(5)24)20(4)16-7-2/h7,16,19,22H,6,8-15,17-18H2,1-5H3/b16-7-,21-19+,23-20+. The Labute approximate surface area is 154 Å². The Bertz CT molecular complexity index is 383. The highest BCUT2D eigenvalue weighted by Crippen LogP contribution is 2.29. The van der Waals surface area contributed by atoms with Crippen LogP contribution < -0.4 is 0 Å². The number of allylic oxidation sites excluding steroid dienone is 6. The summed E-state index contributed by atoms with van der Waals surface area (Å²) in [6, 6.07) is 0. The molecule has 0 spiro atoms. The molecule has 1 heteroatoms. The Balaban J connectivity index is 4.54. The second kappa shape index (κ2) is 15.8. The maximum atomic E-state index is 6.00. The van der Waals surface area contributed by atoms with Gasteiger partial charge in [0.1, 0.15) is 7.85 Å². The van der Waals surface area contributed by atoms with Crippen molar-refractivity contribution in [3.05, 3.63) is 34.8 Å². The van der Waals surface area contributed by atoms with Gasteiger partial charge in [-0.25, -0.2) is 0 Å². The number of hydrogen-bond donors (Lipinski definition) is 0. The van der Waals surface area contributed by atoms with Crippen molar-refractivity contribution in [1.82, 2.24) is 0 Å². The summed E-state index contributed by atoms with van der Waals surface area (Å²) in [5.41, 5.74) is 3.75. The van der Waals surface area contributed by atoms with Gasteiger partial charge in [-0.1, -0.05) is 96.8 Å². The van der Waals surface area contributed by atoms with Gasteiger partial charge in [-0.2, -0.15) is 0 Å². The number of unbranched alkanes of at least 4 members (excludes halogenated alkanes) is 7. The van der Waals surface area contributed by atoms with Crippen LogP contribution in [0.25, 0.3) is 0 Å². The molecule has 0 aromatic rings. The molecule has 0 rings (SSSR count). The Kier molecular flexibility index (Phi) is 15.3. The van der Waals surface area contributed by atoms with Gasteiger partial charge in [0.2, 0.25) is 0 Å². The lowest BCUT2D eigenvalue weighted by Crippen LogP contribution is -2.06. The normalized spacial score (nSPS) is 15.0. The molecule has 0 saturated carbocycles. The van der Waals surface area contributed by atoms with Crippen molar-refractivity contribution >= 4 is 7.85 Å². The molecule has 0 saturated heterocycles. The van der Waals surface area contributed by atoms with E-state index >= 15 is 0 Å². The summed E-state index contributed by atoms with van der Waals surface area (Å²) in [6.07, 6.45) is 21.5. The van der Waals surface area contributed by atoms with Gasteiger partial charge in [0, 0.05) is 0 Å². The first-order valence-corrected chi connectivity index (χ1v) is 10.3. The highest BCUT2D eigenvalue weighted by molar-refractivity contribution is 6.21. The fraction of sp³-hybridized carbons (Fsp3) is 0.739. The largest absolute Gasteiger partial charge is 0.120 e. The van der Waals surface area contributed by atoms with Crippen LogP contribution in [0.5, 0.6) is 0 Å². The average Bonchev–Trinajstić information content (AvgIpc) is 2.54. The predicted molar refractivity (Wildman–Crippen MR) is 113 cm³/mol. The molecular weight excluding hydrogens is 287 g/mol. The van der Waals surface area contributed by atoms with Crippen LogP contribution in [0.1, 0.15) is 105 Å². The zero-order chi connectivity index (χ0) is 18.2. The molecular formula is C23H41B. The van der Waals surface area contributed by atoms with Crippen LogP contribution >= 0.6 is 0 Å². The van der Waals surface area contributed by atoms with E-state index in [9.17, 15) is 0 Å². The molecule has 0 aliphatic carbocycles. The molecule has 1 unspecified atom stereocenters. The summed E-state index contributed by atoms with van der Waals surface area (Å²) in [7, 11) is 6.00. The molecule has 0 aliphatic rings. The quantitative estimate of drug-likeness (QED) is 0.173. The van der Waals surface area contributed by atoms with Crippen molar-refractivity contribution in [2.75, 3.05) is 0 Å². The summed E-state index contributed by atoms with van der Waals surface area (Å²) in [5, 5.41) is 0. The van der Waals surface area contributed by atoms with E-state index in [0.29, 0.717) is 5.92 Å². The fourth-order valence-electron chi connectivity index (χ4n) is 3.47. The van der Waals surface area contributed by atoms with E-state index in [2.05, 4.69) is 45.9 Å². The van der Waals surface area contributed by atoms with Crippen molar-refractivity contribution < 1.29 is 0 Å². The van der Waals surface area contributed by atoms with Gasteiger partial charge in [-0.3, -0.25) is 0 Å². The van der Waals surface area contributed by atoms with E-state index in [4.69, 9.17) is 7.85 Å². The first kappa shape index (κ1) is 23.3. The van der Waals surface area contributed by atoms with Crippen molar-refractivity contribution in [3.63, 3.8) is 0 Å². The van der Waals surface area contributed by atoms with Gasteiger partial charge in [0.05, 0.1) is 0 Å². The van der Waals surface area contributed by atoms with Crippen molar-refractivity contribution in [1.29, 1.82) is 0 Å². The lowest BCUT2D eigenvalue weighted by Gasteiger charge is -2.20. The second-order valence-electron chi connectivity index (χ2n) is 7.28. The van der Waals surface area contributed by atoms with Gasteiger partial charge < -0.3 is 0 Å². The molecule has 0 aromatic carbocycles. The van der Waals surface area contributed by atoms with Crippen LogP contribution in [0.15, 0.2) is 34.8 Å². The molecule has 0 aliphatic heterocycles. The molecule has 136 valence electrons. The minimum absolute atomic E-state index is 0.657. The third-order valence-corrected chi connectivity index (χ3v) is 4.74. The summed E-state index contributed by atoms with van der Waals surface area (Å²) >= 11 is 0. The smallest absolute Gasteiger partial charge is 0.107 e. The van der Waals surface area contributed by atoms with Crippen LogP contribution in [0.2, 0.25) is 0 Å². The molecule has 2 radical (unpaired) electrons. The van der Waals surface area contributed by atoms with Crippen LogP contribution in [0, 0.1) is 5.92 Å². The monoisotopic (exact) mass is 328 g/mol. The van der Waals surface area contributed by atoms with Crippen LogP contribution in [-0.2, 0) is 0 Å². The topological polar surface area (TPSA) is 0 Å². The Morgan fingerprint density at radius 2 is 1.42 bits per heavy atom. The molecule has 0 aromatic heterocycles. The number of hydrogen-bond acceptors (Lipinski definition) is 0. The summed E-state index contributed by atoms with van der Waals surface area (Å²) < 4.78 is 0. The first-order chi connectivity index (χ1) is 11.6. The lowest BCUT2D eigenvalue weighted by atomic mass is 9.83. The third-order valence-electron chi connectivity index (χ3n) is 4.74. The van der Waals surface area contributed by atoms with E-state index in [1.807, 2.05) is 6.92 Å². The maximum absolute atomic E-state index is 6.00. The SMILES string of the molecule is [B]/C(C)=C/C(=C(C)\C=C/C)C(CCC)CCCCCCCCCC. The zero-order valence-corrected chi connectivity index (χ0v) is 17.2. The van der Waals surface area contributed by atoms with E-state index in [0.717, 1.165) is 5.47 Å². The van der Waals surface area contributed by atoms with Crippen molar-refractivity contribution in [3.8, 4) is 0 Å². The molecule has 0 fully saturated rings. The molecule has 24 heavy (non-hydrogen) atoms. The van der Waals surface area contributed by atoms with Gasteiger partial charge in [0.15, 0.2) is 0 Å². The minimum Gasteiger partial charge on any atom is -0.120 e. The molecule has 0 heterocycles. The van der Waals surface area contributed by atoms with Crippen LogP contribution in [0.4, 0.5) is 0 Å². The maximum Gasteiger partial charge on any atom is 0.107 e. The van der Waals surface area contributed by atoms with Crippen molar-refractivity contribution in [2.24, 2.45) is 5.92 Å². The second-order valence-corrected chi connectivity index (χ2v) is 7.28. The van der Waals surface area contributed by atoms with Crippen LogP contribution in [-0.4, -0.2) is 7.85 Å². The Hall–Kier alpha value is -0.715. The molecule has 1 atom stereocenters. The molecule has 0 bridgehead atoms. The molecule has 0 amide bonds. The Morgan fingerprint density at radius 3 is 1.92 bits per heavy atom. The van der Waals surface area contributed by atoms with Crippen LogP contribution in [0.3, 0.4) is 0 Å². The third kappa shape index (κ3) is 11.8. The van der Waals surface area contributed by atoms with Gasteiger partial charge in [-0.05, 0) is 43.8 Å². The van der Waals surface area contributed by atoms with E-state index in [1.54, 1.807) is 0 Å². The van der Waals surface area contributed by atoms with Gasteiger partial charge >= 0.3 is 0 Å². The van der Waals surface area contributed by atoms with E-state index in [-0.39, 0.29) is 0 Å². The van der Waals surface area contributed by atoms with Gasteiger partial charge in [0.25, 0.3) is 0 Å². The summed E-state index contributed by atoms with van der Waals surface area (Å²) in [4.78, 5) is 0. The molecule has 0 N–H and O–H groups in total. The Morgan fingerprint density at radius 1 is 0.833 bits per heavy atom. The number of rotatable bonds is 14. The fourth-order valence-corrected chi connectivity index (χ4v) is 3.47. The van der Waals surface area contributed by atoms with Gasteiger partial charge in [-0.15, -0.1) is 5.47 Å². The van der Waals surface area contributed by atoms with E-state index < -0.39 is 0 Å². The highest BCUT2D eigenvalue weighted by atomic mass is 14.2.